The number of nitroso groups, excluding NO2 is 1. The van der Waals surface area contributed by atoms with Gasteiger partial charge in [-0.1, -0.05) is 0 Å². The monoisotopic (exact) mass is 281 g/mol. The number of nitriles is 1. The average Bonchev–Trinajstić information content (AvgIpc) is 2.78. The molecule has 0 aliphatic heterocycles. The third kappa shape index (κ3) is 4.59. The first-order valence-electron chi connectivity index (χ1n) is 5.53. The van der Waals surface area contributed by atoms with Crippen molar-refractivity contribution in [1.82, 2.24) is 20.3 Å². The lowest BCUT2D eigenvalue weighted by molar-refractivity contribution is 0.827. The first kappa shape index (κ1) is 15.0. The van der Waals surface area contributed by atoms with E-state index in [0.29, 0.717) is 18.3 Å². The number of rotatable bonds is 6. The van der Waals surface area contributed by atoms with Crippen molar-refractivity contribution in [2.45, 2.75) is 12.7 Å². The first-order valence-corrected chi connectivity index (χ1v) is 6.68. The Morgan fingerprint density at radius 1 is 1.68 bits per heavy atom. The summed E-state index contributed by atoms with van der Waals surface area (Å²) in [7, 11) is 1.60. The molecule has 0 saturated carbocycles. The lowest BCUT2D eigenvalue weighted by atomic mass is 10.4. The number of aromatic nitrogens is 2. The molecule has 0 saturated heterocycles. The zero-order valence-corrected chi connectivity index (χ0v) is 11.6. The van der Waals surface area contributed by atoms with Crippen LogP contribution in [0.4, 0.5) is 0 Å². The van der Waals surface area contributed by atoms with E-state index < -0.39 is 0 Å². The predicted octanol–water partition coefficient (Wildman–Crippen LogP) is 0.600. The number of nitrogens with zero attached hydrogens (tertiary/aromatic N) is 5. The molecule has 19 heavy (non-hydrogen) atoms. The van der Waals surface area contributed by atoms with Crippen LogP contribution >= 0.6 is 11.8 Å². The summed E-state index contributed by atoms with van der Waals surface area (Å²) in [6.45, 7) is 2.49. The number of imidazole rings is 1. The van der Waals surface area contributed by atoms with Gasteiger partial charge in [0.15, 0.2) is 6.19 Å². The molecule has 1 aromatic rings. The summed E-state index contributed by atoms with van der Waals surface area (Å²) in [5.74, 6) is 1.99. The Kier molecular flexibility index (Phi) is 6.38. The van der Waals surface area contributed by atoms with Gasteiger partial charge in [0.25, 0.3) is 0 Å². The predicted molar refractivity (Wildman–Crippen MR) is 74.4 cm³/mol. The second kappa shape index (κ2) is 8.10. The fraction of sp³-hybridized carbons (Fsp3) is 0.500. The van der Waals surface area contributed by atoms with Crippen molar-refractivity contribution in [2.24, 2.45) is 10.3 Å². The average molecular weight is 281 g/mol. The molecule has 0 aromatic carbocycles. The minimum atomic E-state index is 0.453. The van der Waals surface area contributed by atoms with Gasteiger partial charge >= 0.3 is 0 Å². The highest BCUT2D eigenvalue weighted by atomic mass is 32.2. The summed E-state index contributed by atoms with van der Waals surface area (Å²) in [6, 6.07) is 0. The third-order valence-corrected chi connectivity index (χ3v) is 3.32. The summed E-state index contributed by atoms with van der Waals surface area (Å²) in [5, 5.41) is 16.7. The fourth-order valence-electron chi connectivity index (χ4n) is 1.30. The maximum Gasteiger partial charge on any atom is 0.204 e. The van der Waals surface area contributed by atoms with Crippen LogP contribution in [0.5, 0.6) is 0 Å². The standard InChI is InChI=1S/C10H15N7OS/c1-8-9(15-7-17(8)16-18)5-19-4-3-13-10(12-2)14-6-11/h7H,3-5H2,1-2H3,(H2,12,13,14). The van der Waals surface area contributed by atoms with Crippen molar-refractivity contribution in [3.8, 4) is 6.19 Å². The zero-order chi connectivity index (χ0) is 14.1. The van der Waals surface area contributed by atoms with Crippen molar-refractivity contribution in [2.75, 3.05) is 19.3 Å². The van der Waals surface area contributed by atoms with Crippen molar-refractivity contribution in [3.05, 3.63) is 22.6 Å². The van der Waals surface area contributed by atoms with Gasteiger partial charge in [-0.05, 0) is 6.92 Å². The van der Waals surface area contributed by atoms with E-state index in [2.05, 4.69) is 25.9 Å². The molecule has 0 aliphatic rings. The van der Waals surface area contributed by atoms with Crippen molar-refractivity contribution >= 4 is 17.7 Å². The van der Waals surface area contributed by atoms with Crippen LogP contribution in [0.25, 0.3) is 0 Å². The molecule has 0 aliphatic carbocycles. The molecule has 0 unspecified atom stereocenters. The molecule has 2 N–H and O–H groups in total. The van der Waals surface area contributed by atoms with Crippen LogP contribution in [0.2, 0.25) is 0 Å². The molecule has 1 rings (SSSR count). The number of thioether (sulfide) groups is 1. The maximum atomic E-state index is 10.4. The maximum absolute atomic E-state index is 10.4. The molecular weight excluding hydrogens is 266 g/mol. The molecule has 1 aromatic heterocycles. The lowest BCUT2D eigenvalue weighted by Crippen LogP contribution is -2.35. The number of hydrogen-bond acceptors (Lipinski definition) is 6. The quantitative estimate of drug-likeness (QED) is 0.197. The molecule has 0 amide bonds. The zero-order valence-electron chi connectivity index (χ0n) is 10.8. The smallest absolute Gasteiger partial charge is 0.204 e. The van der Waals surface area contributed by atoms with Gasteiger partial charge < -0.3 is 5.32 Å². The molecule has 9 heteroatoms. The van der Waals surface area contributed by atoms with Gasteiger partial charge in [0, 0.05) is 25.1 Å². The van der Waals surface area contributed by atoms with Gasteiger partial charge in [-0.2, -0.15) is 21.7 Å². The molecule has 8 nitrogen and oxygen atoms in total. The molecule has 0 fully saturated rings. The Labute approximate surface area is 115 Å². The van der Waals surface area contributed by atoms with Crippen LogP contribution in [0.3, 0.4) is 0 Å². The Morgan fingerprint density at radius 3 is 3.05 bits per heavy atom. The van der Waals surface area contributed by atoms with E-state index in [0.717, 1.165) is 17.1 Å². The van der Waals surface area contributed by atoms with Gasteiger partial charge in [0.2, 0.25) is 5.96 Å². The third-order valence-electron chi connectivity index (χ3n) is 2.35. The molecule has 0 radical (unpaired) electrons. The molecule has 102 valence electrons. The van der Waals surface area contributed by atoms with E-state index in [-0.39, 0.29) is 0 Å². The van der Waals surface area contributed by atoms with Gasteiger partial charge in [0.05, 0.1) is 16.7 Å². The lowest BCUT2D eigenvalue weighted by Gasteiger charge is -2.06. The van der Waals surface area contributed by atoms with Crippen molar-refractivity contribution in [1.29, 1.82) is 5.26 Å². The van der Waals surface area contributed by atoms with E-state index in [9.17, 15) is 4.91 Å². The van der Waals surface area contributed by atoms with Crippen molar-refractivity contribution < 1.29 is 0 Å². The van der Waals surface area contributed by atoms with Crippen LogP contribution in [0, 0.1) is 23.3 Å². The Morgan fingerprint density at radius 2 is 2.47 bits per heavy atom. The summed E-state index contributed by atoms with van der Waals surface area (Å²) in [6.07, 6.45) is 3.21. The highest BCUT2D eigenvalue weighted by molar-refractivity contribution is 7.98. The molecule has 0 bridgehead atoms. The second-order valence-electron chi connectivity index (χ2n) is 3.49. The summed E-state index contributed by atoms with van der Waals surface area (Å²) >= 11 is 1.67. The number of hydrogen-bond donors (Lipinski definition) is 2. The van der Waals surface area contributed by atoms with Crippen LogP contribution in [0.1, 0.15) is 11.4 Å². The SMILES string of the molecule is CN=C(NC#N)NCCSCc1ncn(N=O)c1C. The van der Waals surface area contributed by atoms with Gasteiger partial charge in [-0.3, -0.25) is 10.3 Å². The molecule has 0 spiro atoms. The highest BCUT2D eigenvalue weighted by Crippen LogP contribution is 2.14. The van der Waals surface area contributed by atoms with E-state index >= 15 is 0 Å². The normalized spacial score (nSPS) is 10.9. The Balaban J connectivity index is 2.26. The van der Waals surface area contributed by atoms with E-state index in [1.807, 2.05) is 0 Å². The minimum absolute atomic E-state index is 0.453. The fourth-order valence-corrected chi connectivity index (χ4v) is 2.17. The second-order valence-corrected chi connectivity index (χ2v) is 4.60. The number of guanidine groups is 1. The van der Waals surface area contributed by atoms with Crippen LogP contribution < -0.4 is 10.6 Å². The Hall–Kier alpha value is -2.08. The van der Waals surface area contributed by atoms with Gasteiger partial charge in [-0.25, -0.2) is 4.98 Å². The van der Waals surface area contributed by atoms with Gasteiger partial charge in [0.1, 0.15) is 6.33 Å². The van der Waals surface area contributed by atoms with E-state index in [4.69, 9.17) is 5.26 Å². The highest BCUT2D eigenvalue weighted by Gasteiger charge is 2.06. The topological polar surface area (TPSA) is 107 Å². The van der Waals surface area contributed by atoms with Crippen molar-refractivity contribution in [3.63, 3.8) is 0 Å². The number of nitrogens with one attached hydrogen (secondary N) is 2. The summed E-state index contributed by atoms with van der Waals surface area (Å²) in [4.78, 5) is 18.4. The van der Waals surface area contributed by atoms with E-state index in [1.54, 1.807) is 31.9 Å². The number of aliphatic imine (C=N–C) groups is 1. The largest absolute Gasteiger partial charge is 0.355 e. The van der Waals surface area contributed by atoms with Crippen LogP contribution in [-0.2, 0) is 5.75 Å². The van der Waals surface area contributed by atoms with Gasteiger partial charge in [-0.15, -0.1) is 4.91 Å². The molecule has 1 heterocycles. The van der Waals surface area contributed by atoms with E-state index in [1.165, 1.54) is 11.0 Å². The first-order chi connectivity index (χ1) is 9.22. The summed E-state index contributed by atoms with van der Waals surface area (Å²) < 4.78 is 1.22. The van der Waals surface area contributed by atoms with Crippen LogP contribution in [-0.4, -0.2) is 35.0 Å². The summed E-state index contributed by atoms with van der Waals surface area (Å²) in [5.41, 5.74) is 1.61. The molecule has 0 atom stereocenters. The molecular formula is C10H15N7OS. The minimum Gasteiger partial charge on any atom is -0.355 e. The van der Waals surface area contributed by atoms with Crippen LogP contribution in [0.15, 0.2) is 16.6 Å². The Bertz CT molecular complexity index is 491.